The normalized spacial score (nSPS) is 10.5. The SMILES string of the molecule is CCOC(=O)c1ccc(-c2c(C(=O)OCC)coc2-c2ccc(Cl)cc2)cc1. The van der Waals surface area contributed by atoms with Crippen LogP contribution in [0.2, 0.25) is 5.02 Å². The van der Waals surface area contributed by atoms with Gasteiger partial charge in [-0.15, -0.1) is 0 Å². The van der Waals surface area contributed by atoms with Crippen LogP contribution in [-0.4, -0.2) is 25.2 Å². The summed E-state index contributed by atoms with van der Waals surface area (Å²) >= 11 is 5.98. The first-order valence-electron chi connectivity index (χ1n) is 8.87. The third-order valence-corrected chi connectivity index (χ3v) is 4.33. The second kappa shape index (κ2) is 8.76. The summed E-state index contributed by atoms with van der Waals surface area (Å²) in [5.74, 6) is -0.357. The molecular weight excluding hydrogens is 380 g/mol. The molecule has 1 aromatic heterocycles. The number of rotatable bonds is 6. The Morgan fingerprint density at radius 3 is 2.04 bits per heavy atom. The summed E-state index contributed by atoms with van der Waals surface area (Å²) in [4.78, 5) is 24.3. The van der Waals surface area contributed by atoms with Crippen molar-refractivity contribution in [3.8, 4) is 22.5 Å². The Labute approximate surface area is 167 Å². The Kier molecular flexibility index (Phi) is 6.16. The zero-order valence-corrected chi connectivity index (χ0v) is 16.3. The predicted molar refractivity (Wildman–Crippen MR) is 107 cm³/mol. The molecule has 0 saturated heterocycles. The van der Waals surface area contributed by atoms with E-state index < -0.39 is 11.9 Å². The topological polar surface area (TPSA) is 65.7 Å². The lowest BCUT2D eigenvalue weighted by molar-refractivity contribution is 0.0516. The zero-order valence-electron chi connectivity index (χ0n) is 15.5. The third-order valence-electron chi connectivity index (χ3n) is 4.08. The van der Waals surface area contributed by atoms with Gasteiger partial charge in [0, 0.05) is 16.1 Å². The zero-order chi connectivity index (χ0) is 20.1. The monoisotopic (exact) mass is 398 g/mol. The molecule has 0 saturated carbocycles. The smallest absolute Gasteiger partial charge is 0.342 e. The third kappa shape index (κ3) is 4.10. The van der Waals surface area contributed by atoms with Crippen molar-refractivity contribution >= 4 is 23.5 Å². The van der Waals surface area contributed by atoms with Gasteiger partial charge in [0.25, 0.3) is 0 Å². The Balaban J connectivity index is 2.08. The van der Waals surface area contributed by atoms with E-state index in [0.717, 1.165) is 11.1 Å². The molecule has 2 aromatic carbocycles. The van der Waals surface area contributed by atoms with Crippen LogP contribution in [0, 0.1) is 0 Å². The second-order valence-electron chi connectivity index (χ2n) is 5.88. The van der Waals surface area contributed by atoms with Crippen molar-refractivity contribution in [3.63, 3.8) is 0 Å². The van der Waals surface area contributed by atoms with Gasteiger partial charge in [-0.05, 0) is 55.8 Å². The lowest BCUT2D eigenvalue weighted by Gasteiger charge is -2.08. The van der Waals surface area contributed by atoms with E-state index in [0.29, 0.717) is 34.1 Å². The van der Waals surface area contributed by atoms with Crippen LogP contribution in [0.4, 0.5) is 0 Å². The second-order valence-corrected chi connectivity index (χ2v) is 6.32. The summed E-state index contributed by atoms with van der Waals surface area (Å²) < 4.78 is 15.9. The first-order chi connectivity index (χ1) is 13.5. The number of hydrogen-bond donors (Lipinski definition) is 0. The molecule has 0 atom stereocenters. The summed E-state index contributed by atoms with van der Waals surface area (Å²) in [6.45, 7) is 4.05. The summed E-state index contributed by atoms with van der Waals surface area (Å²) in [7, 11) is 0. The maximum Gasteiger partial charge on any atom is 0.342 e. The molecule has 144 valence electrons. The molecule has 0 N–H and O–H groups in total. The Morgan fingerprint density at radius 2 is 1.43 bits per heavy atom. The van der Waals surface area contributed by atoms with Gasteiger partial charge in [0.1, 0.15) is 17.6 Å². The molecule has 6 heteroatoms. The van der Waals surface area contributed by atoms with Crippen LogP contribution in [0.5, 0.6) is 0 Å². The molecule has 0 spiro atoms. The number of ether oxygens (including phenoxy) is 2. The summed E-state index contributed by atoms with van der Waals surface area (Å²) in [5.41, 5.74) is 2.82. The molecule has 5 nitrogen and oxygen atoms in total. The van der Waals surface area contributed by atoms with E-state index in [-0.39, 0.29) is 6.61 Å². The average Bonchev–Trinajstić information content (AvgIpc) is 3.14. The first kappa shape index (κ1) is 19.7. The number of esters is 2. The van der Waals surface area contributed by atoms with Crippen LogP contribution in [0.3, 0.4) is 0 Å². The van der Waals surface area contributed by atoms with E-state index in [1.54, 1.807) is 50.2 Å². The molecule has 0 fully saturated rings. The van der Waals surface area contributed by atoms with Gasteiger partial charge >= 0.3 is 11.9 Å². The molecule has 0 aliphatic rings. The highest BCUT2D eigenvalue weighted by molar-refractivity contribution is 6.30. The lowest BCUT2D eigenvalue weighted by Crippen LogP contribution is -2.06. The minimum absolute atomic E-state index is 0.252. The van der Waals surface area contributed by atoms with Crippen LogP contribution in [0.25, 0.3) is 22.5 Å². The van der Waals surface area contributed by atoms with Crippen molar-refractivity contribution in [3.05, 3.63) is 70.9 Å². The molecule has 0 radical (unpaired) electrons. The van der Waals surface area contributed by atoms with E-state index in [1.807, 2.05) is 12.1 Å². The fraction of sp³-hybridized carbons (Fsp3) is 0.182. The number of benzene rings is 2. The number of halogens is 1. The lowest BCUT2D eigenvalue weighted by atomic mass is 9.97. The van der Waals surface area contributed by atoms with Crippen molar-refractivity contribution in [2.75, 3.05) is 13.2 Å². The molecule has 28 heavy (non-hydrogen) atoms. The van der Waals surface area contributed by atoms with Gasteiger partial charge in [0.15, 0.2) is 0 Å². The molecule has 0 aliphatic heterocycles. The van der Waals surface area contributed by atoms with Crippen molar-refractivity contribution in [2.45, 2.75) is 13.8 Å². The van der Waals surface area contributed by atoms with Gasteiger partial charge < -0.3 is 13.9 Å². The largest absolute Gasteiger partial charge is 0.463 e. The average molecular weight is 399 g/mol. The maximum atomic E-state index is 12.4. The number of hydrogen-bond acceptors (Lipinski definition) is 5. The van der Waals surface area contributed by atoms with Crippen LogP contribution in [-0.2, 0) is 9.47 Å². The first-order valence-corrected chi connectivity index (χ1v) is 9.25. The number of furan rings is 1. The quantitative estimate of drug-likeness (QED) is 0.504. The van der Waals surface area contributed by atoms with E-state index >= 15 is 0 Å². The minimum Gasteiger partial charge on any atom is -0.463 e. The van der Waals surface area contributed by atoms with Crippen LogP contribution in [0.15, 0.2) is 59.2 Å². The van der Waals surface area contributed by atoms with Crippen LogP contribution in [0.1, 0.15) is 34.6 Å². The summed E-state index contributed by atoms with van der Waals surface area (Å²) in [6.07, 6.45) is 1.39. The summed E-state index contributed by atoms with van der Waals surface area (Å²) in [5, 5.41) is 0.598. The predicted octanol–water partition coefficient (Wildman–Crippen LogP) is 5.62. The molecule has 0 aliphatic carbocycles. The fourth-order valence-electron chi connectivity index (χ4n) is 2.80. The van der Waals surface area contributed by atoms with Crippen molar-refractivity contribution in [1.29, 1.82) is 0 Å². The maximum absolute atomic E-state index is 12.4. The summed E-state index contributed by atoms with van der Waals surface area (Å²) in [6, 6.07) is 13.9. The molecule has 0 bridgehead atoms. The van der Waals surface area contributed by atoms with Crippen molar-refractivity contribution in [2.24, 2.45) is 0 Å². The molecule has 3 aromatic rings. The van der Waals surface area contributed by atoms with E-state index in [4.69, 9.17) is 25.5 Å². The molecule has 1 heterocycles. The van der Waals surface area contributed by atoms with Crippen molar-refractivity contribution < 1.29 is 23.5 Å². The van der Waals surface area contributed by atoms with E-state index in [1.165, 1.54) is 6.26 Å². The molecular formula is C22H19ClO5. The molecule has 0 unspecified atom stereocenters. The highest BCUT2D eigenvalue weighted by Crippen LogP contribution is 2.37. The fourth-order valence-corrected chi connectivity index (χ4v) is 2.93. The molecule has 0 amide bonds. The number of carbonyl (C=O) groups excluding carboxylic acids is 2. The minimum atomic E-state index is -0.476. The number of carbonyl (C=O) groups is 2. The molecule has 3 rings (SSSR count). The van der Waals surface area contributed by atoms with Gasteiger partial charge in [-0.2, -0.15) is 0 Å². The van der Waals surface area contributed by atoms with Gasteiger partial charge in [-0.3, -0.25) is 0 Å². The highest BCUT2D eigenvalue weighted by atomic mass is 35.5. The van der Waals surface area contributed by atoms with E-state index in [2.05, 4.69) is 0 Å². The van der Waals surface area contributed by atoms with Crippen LogP contribution < -0.4 is 0 Å². The van der Waals surface area contributed by atoms with Crippen LogP contribution >= 0.6 is 11.6 Å². The Bertz CT molecular complexity index is 971. The Hall–Kier alpha value is -3.05. The standard InChI is InChI=1S/C22H19ClO5/c1-3-26-21(24)16-7-5-14(6-8-16)19-18(22(25)27-4-2)13-28-20(19)15-9-11-17(23)12-10-15/h5-13H,3-4H2,1-2H3. The van der Waals surface area contributed by atoms with Crippen molar-refractivity contribution in [1.82, 2.24) is 0 Å². The van der Waals surface area contributed by atoms with Gasteiger partial charge in [-0.25, -0.2) is 9.59 Å². The van der Waals surface area contributed by atoms with Gasteiger partial charge in [-0.1, -0.05) is 23.7 Å². The Morgan fingerprint density at radius 1 is 0.857 bits per heavy atom. The van der Waals surface area contributed by atoms with Gasteiger partial charge in [0.05, 0.1) is 18.8 Å². The highest BCUT2D eigenvalue weighted by Gasteiger charge is 2.23. The van der Waals surface area contributed by atoms with E-state index in [9.17, 15) is 9.59 Å². The van der Waals surface area contributed by atoms with Gasteiger partial charge in [0.2, 0.25) is 0 Å².